The van der Waals surface area contributed by atoms with E-state index in [1.54, 1.807) is 0 Å². The monoisotopic (exact) mass is 620 g/mol. The SMILES string of the molecule is C=CC(=O)N1CC2(CCN(c3nc(N4CCC(N5CCN(C6CC6)CC5)CC4)nc(-c4c(C)ccc5cnn(C)c45)c3C#N)C2)C1. The Hall–Kier alpha value is -4.01. The van der Waals surface area contributed by atoms with Crippen LogP contribution in [0.4, 0.5) is 11.8 Å². The van der Waals surface area contributed by atoms with Crippen LogP contribution in [0.3, 0.4) is 0 Å². The lowest BCUT2D eigenvalue weighted by molar-refractivity contribution is -0.136. The lowest BCUT2D eigenvalue weighted by Gasteiger charge is -2.47. The maximum Gasteiger partial charge on any atom is 0.245 e. The van der Waals surface area contributed by atoms with Gasteiger partial charge in [-0.25, -0.2) is 4.98 Å². The predicted molar refractivity (Wildman–Crippen MR) is 179 cm³/mol. The molecule has 0 N–H and O–H groups in total. The molecule has 11 nitrogen and oxygen atoms in total. The van der Waals surface area contributed by atoms with Crippen LogP contribution < -0.4 is 9.80 Å². The number of fused-ring (bicyclic) bond motifs is 1. The van der Waals surface area contributed by atoms with Crippen molar-refractivity contribution in [2.75, 3.05) is 75.2 Å². The molecule has 6 heterocycles. The van der Waals surface area contributed by atoms with Crippen molar-refractivity contribution in [2.45, 2.75) is 51.1 Å². The van der Waals surface area contributed by atoms with Crippen LogP contribution in [0.15, 0.2) is 31.0 Å². The quantitative estimate of drug-likeness (QED) is 0.385. The standard InChI is InChI=1S/C35H44N10O/c1-4-29(46)45-22-35(23-45)11-14-44(21-35)33-28(19-36)31(30-24(2)5-6-25-20-37-40(3)32(25)30)38-34(39-33)43-12-9-27(10-13-43)42-17-15-41(16-18-42)26-7-8-26/h4-6,20,26-27H,1,7-18,21-23H2,2-3H3. The largest absolute Gasteiger partial charge is 0.355 e. The summed E-state index contributed by atoms with van der Waals surface area (Å²) in [7, 11) is 1.95. The van der Waals surface area contributed by atoms with Crippen molar-refractivity contribution in [2.24, 2.45) is 12.5 Å². The summed E-state index contributed by atoms with van der Waals surface area (Å²) in [5, 5.41) is 16.3. The number of nitrogens with zero attached hydrogens (tertiary/aromatic N) is 10. The fourth-order valence-corrected chi connectivity index (χ4v) is 8.52. The van der Waals surface area contributed by atoms with Crippen molar-refractivity contribution >= 4 is 28.6 Å². The first-order chi connectivity index (χ1) is 22.4. The molecule has 8 rings (SSSR count). The van der Waals surface area contributed by atoms with Crippen LogP contribution in [0, 0.1) is 23.7 Å². The highest BCUT2D eigenvalue weighted by Gasteiger charge is 2.49. The molecule has 0 unspecified atom stereocenters. The molecule has 4 aliphatic heterocycles. The van der Waals surface area contributed by atoms with Crippen molar-refractivity contribution in [1.82, 2.24) is 34.4 Å². The van der Waals surface area contributed by atoms with E-state index in [4.69, 9.17) is 9.97 Å². The van der Waals surface area contributed by atoms with E-state index in [9.17, 15) is 10.1 Å². The number of nitriles is 1. The highest BCUT2D eigenvalue weighted by molar-refractivity contribution is 5.97. The van der Waals surface area contributed by atoms with Gasteiger partial charge in [0.15, 0.2) is 5.82 Å². The van der Waals surface area contributed by atoms with Gasteiger partial charge in [-0.1, -0.05) is 18.7 Å². The second kappa shape index (κ2) is 11.4. The summed E-state index contributed by atoms with van der Waals surface area (Å²) >= 11 is 0. The molecule has 1 aliphatic carbocycles. The summed E-state index contributed by atoms with van der Waals surface area (Å²) in [6.07, 6.45) is 9.18. The van der Waals surface area contributed by atoms with Crippen LogP contribution in [-0.4, -0.2) is 118 Å². The van der Waals surface area contributed by atoms with Gasteiger partial charge in [-0.2, -0.15) is 15.3 Å². The van der Waals surface area contributed by atoms with E-state index in [0.29, 0.717) is 29.1 Å². The van der Waals surface area contributed by atoms with Gasteiger partial charge in [0, 0.05) is 101 Å². The lowest BCUT2D eigenvalue weighted by Crippen LogP contribution is -2.59. The zero-order valence-electron chi connectivity index (χ0n) is 27.2. The number of piperazine rings is 1. The molecule has 1 spiro atoms. The van der Waals surface area contributed by atoms with Crippen LogP contribution >= 0.6 is 0 Å². The third kappa shape index (κ3) is 5.03. The van der Waals surface area contributed by atoms with Gasteiger partial charge in [0.1, 0.15) is 11.6 Å². The van der Waals surface area contributed by atoms with Crippen molar-refractivity contribution in [3.63, 3.8) is 0 Å². The number of rotatable bonds is 6. The van der Waals surface area contributed by atoms with E-state index in [2.05, 4.69) is 56.4 Å². The molecule has 5 aliphatic rings. The van der Waals surface area contributed by atoms with Crippen molar-refractivity contribution < 1.29 is 4.79 Å². The van der Waals surface area contributed by atoms with Crippen LogP contribution in [0.25, 0.3) is 22.2 Å². The fourth-order valence-electron chi connectivity index (χ4n) is 8.52. The molecular weight excluding hydrogens is 576 g/mol. The molecule has 2 aromatic heterocycles. The Balaban J connectivity index is 1.11. The van der Waals surface area contributed by atoms with Gasteiger partial charge in [0.2, 0.25) is 11.9 Å². The molecule has 1 saturated carbocycles. The van der Waals surface area contributed by atoms with E-state index in [1.807, 2.05) is 22.8 Å². The first-order valence-electron chi connectivity index (χ1n) is 17.0. The normalized spacial score (nSPS) is 22.4. The van der Waals surface area contributed by atoms with Crippen molar-refractivity contribution in [3.8, 4) is 17.3 Å². The molecular formula is C35H44N10O. The molecule has 1 aromatic carbocycles. The number of aromatic nitrogens is 4. The van der Waals surface area contributed by atoms with Gasteiger partial charge in [0.25, 0.3) is 0 Å². The highest BCUT2D eigenvalue weighted by atomic mass is 16.2. The molecule has 5 fully saturated rings. The molecule has 1 amide bonds. The summed E-state index contributed by atoms with van der Waals surface area (Å²) < 4.78 is 1.89. The Morgan fingerprint density at radius 1 is 0.957 bits per heavy atom. The molecule has 240 valence electrons. The van der Waals surface area contributed by atoms with Crippen molar-refractivity contribution in [3.05, 3.63) is 42.1 Å². The van der Waals surface area contributed by atoms with Gasteiger partial charge in [-0.05, 0) is 50.7 Å². The minimum Gasteiger partial charge on any atom is -0.355 e. The second-order valence-corrected chi connectivity index (χ2v) is 14.2. The first kappa shape index (κ1) is 29.4. The fraction of sp³-hybridized carbons (Fsp3) is 0.571. The maximum atomic E-state index is 12.2. The topological polar surface area (TPSA) is 101 Å². The zero-order chi connectivity index (χ0) is 31.6. The van der Waals surface area contributed by atoms with Gasteiger partial charge in [0.05, 0.1) is 17.4 Å². The van der Waals surface area contributed by atoms with Crippen LogP contribution in [-0.2, 0) is 11.8 Å². The summed E-state index contributed by atoms with van der Waals surface area (Å²) in [6, 6.07) is 8.17. The van der Waals surface area contributed by atoms with Crippen LogP contribution in [0.2, 0.25) is 0 Å². The molecule has 0 bridgehead atoms. The summed E-state index contributed by atoms with van der Waals surface area (Å²) in [5.74, 6) is 1.41. The average Bonchev–Trinajstić information content (AvgIpc) is 3.72. The smallest absolute Gasteiger partial charge is 0.245 e. The van der Waals surface area contributed by atoms with Gasteiger partial charge < -0.3 is 14.7 Å². The van der Waals surface area contributed by atoms with E-state index in [1.165, 1.54) is 45.1 Å². The summed E-state index contributed by atoms with van der Waals surface area (Å²) in [6.45, 7) is 15.3. The summed E-state index contributed by atoms with van der Waals surface area (Å²) in [5.41, 5.74) is 4.21. The number of likely N-dealkylation sites (tertiary alicyclic amines) is 1. The zero-order valence-corrected chi connectivity index (χ0v) is 27.2. The van der Waals surface area contributed by atoms with E-state index >= 15 is 0 Å². The minimum atomic E-state index is -0.0126. The molecule has 4 saturated heterocycles. The second-order valence-electron chi connectivity index (χ2n) is 14.2. The number of hydrogen-bond donors (Lipinski definition) is 0. The molecule has 0 radical (unpaired) electrons. The van der Waals surface area contributed by atoms with Crippen LogP contribution in [0.1, 0.15) is 43.2 Å². The van der Waals surface area contributed by atoms with Gasteiger partial charge in [-0.15, -0.1) is 0 Å². The highest BCUT2D eigenvalue weighted by Crippen LogP contribution is 2.44. The molecule has 46 heavy (non-hydrogen) atoms. The number of hydrogen-bond acceptors (Lipinski definition) is 9. The Labute approximate surface area is 271 Å². The Kier molecular flexibility index (Phi) is 7.25. The van der Waals surface area contributed by atoms with Gasteiger partial charge in [-0.3, -0.25) is 19.3 Å². The Bertz CT molecular complexity index is 1710. The maximum absolute atomic E-state index is 12.2. The lowest BCUT2D eigenvalue weighted by atomic mass is 9.79. The number of carbonyl (C=O) groups is 1. The summed E-state index contributed by atoms with van der Waals surface area (Å²) in [4.78, 5) is 34.5. The number of amides is 1. The number of carbonyl (C=O) groups excluding carboxylic acids is 1. The number of benzene rings is 1. The first-order valence-corrected chi connectivity index (χ1v) is 17.0. The van der Waals surface area contributed by atoms with E-state index < -0.39 is 0 Å². The van der Waals surface area contributed by atoms with E-state index in [-0.39, 0.29) is 11.3 Å². The third-order valence-electron chi connectivity index (χ3n) is 11.3. The van der Waals surface area contributed by atoms with Crippen molar-refractivity contribution in [1.29, 1.82) is 5.26 Å². The van der Waals surface area contributed by atoms with Gasteiger partial charge >= 0.3 is 0 Å². The third-order valence-corrected chi connectivity index (χ3v) is 11.3. The Morgan fingerprint density at radius 2 is 1.65 bits per heavy atom. The number of aryl methyl sites for hydroxylation is 2. The molecule has 11 heteroatoms. The average molecular weight is 621 g/mol. The Morgan fingerprint density at radius 3 is 2.30 bits per heavy atom. The minimum absolute atomic E-state index is 0.0126. The molecule has 0 atom stereocenters. The molecule has 3 aromatic rings. The number of piperidine rings is 1. The number of anilines is 2. The van der Waals surface area contributed by atoms with Crippen LogP contribution in [0.5, 0.6) is 0 Å². The van der Waals surface area contributed by atoms with E-state index in [0.717, 1.165) is 86.6 Å². The predicted octanol–water partition coefficient (Wildman–Crippen LogP) is 3.18.